The molecule has 17 heavy (non-hydrogen) atoms. The molecule has 0 spiro atoms. The fraction of sp³-hybridized carbons (Fsp3) is 0.500. The van der Waals surface area contributed by atoms with Gasteiger partial charge in [0, 0.05) is 25.0 Å². The molecule has 0 radical (unpaired) electrons. The quantitative estimate of drug-likeness (QED) is 0.739. The molecule has 1 aromatic heterocycles. The van der Waals surface area contributed by atoms with Crippen molar-refractivity contribution in [1.82, 2.24) is 9.88 Å². The SMILES string of the molecule is CCN(CC)CCNc1ccnc(C(N)=O)c1. The van der Waals surface area contributed by atoms with Crippen molar-refractivity contribution < 1.29 is 4.79 Å². The molecule has 1 amide bonds. The molecule has 0 aliphatic carbocycles. The second-order valence-electron chi connectivity index (χ2n) is 3.75. The zero-order valence-electron chi connectivity index (χ0n) is 10.4. The zero-order chi connectivity index (χ0) is 12.7. The standard InChI is InChI=1S/C12H20N4O/c1-3-16(4-2)8-7-14-10-5-6-15-11(9-10)12(13)17/h5-6,9H,3-4,7-8H2,1-2H3,(H2,13,17)(H,14,15). The van der Waals surface area contributed by atoms with E-state index in [1.54, 1.807) is 12.3 Å². The number of likely N-dealkylation sites (N-methyl/N-ethyl adjacent to an activating group) is 1. The Balaban J connectivity index is 2.46. The highest BCUT2D eigenvalue weighted by atomic mass is 16.1. The number of rotatable bonds is 7. The first-order valence-corrected chi connectivity index (χ1v) is 5.89. The van der Waals surface area contributed by atoms with Crippen molar-refractivity contribution in [3.63, 3.8) is 0 Å². The first-order chi connectivity index (χ1) is 8.17. The number of pyridine rings is 1. The first kappa shape index (κ1) is 13.4. The lowest BCUT2D eigenvalue weighted by Crippen LogP contribution is -2.28. The normalized spacial score (nSPS) is 10.5. The van der Waals surface area contributed by atoms with Crippen LogP contribution in [0, 0.1) is 0 Å². The summed E-state index contributed by atoms with van der Waals surface area (Å²) < 4.78 is 0. The minimum absolute atomic E-state index is 0.290. The number of nitrogens with one attached hydrogen (secondary N) is 1. The summed E-state index contributed by atoms with van der Waals surface area (Å²) in [6.45, 7) is 8.18. The van der Waals surface area contributed by atoms with Gasteiger partial charge in [-0.2, -0.15) is 0 Å². The van der Waals surface area contributed by atoms with Crippen LogP contribution in [0.3, 0.4) is 0 Å². The van der Waals surface area contributed by atoms with Crippen LogP contribution in [0.1, 0.15) is 24.3 Å². The van der Waals surface area contributed by atoms with E-state index in [4.69, 9.17) is 5.73 Å². The third-order valence-corrected chi connectivity index (χ3v) is 2.66. The van der Waals surface area contributed by atoms with Crippen molar-refractivity contribution in [2.75, 3.05) is 31.5 Å². The summed E-state index contributed by atoms with van der Waals surface area (Å²) >= 11 is 0. The molecule has 3 N–H and O–H groups in total. The van der Waals surface area contributed by atoms with Gasteiger partial charge in [-0.25, -0.2) is 0 Å². The number of hydrogen-bond donors (Lipinski definition) is 2. The molecule has 0 aliphatic rings. The van der Waals surface area contributed by atoms with Gasteiger partial charge in [-0.05, 0) is 25.2 Å². The molecule has 0 aliphatic heterocycles. The lowest BCUT2D eigenvalue weighted by atomic mass is 10.3. The van der Waals surface area contributed by atoms with Gasteiger partial charge in [0.2, 0.25) is 0 Å². The number of nitrogens with zero attached hydrogens (tertiary/aromatic N) is 2. The summed E-state index contributed by atoms with van der Waals surface area (Å²) in [7, 11) is 0. The monoisotopic (exact) mass is 236 g/mol. The maximum absolute atomic E-state index is 11.0. The highest BCUT2D eigenvalue weighted by molar-refractivity contribution is 5.91. The van der Waals surface area contributed by atoms with Crippen LogP contribution in [0.4, 0.5) is 5.69 Å². The Morgan fingerprint density at radius 1 is 1.47 bits per heavy atom. The van der Waals surface area contributed by atoms with Crippen LogP contribution in [0.15, 0.2) is 18.3 Å². The molecule has 0 aromatic carbocycles. The smallest absolute Gasteiger partial charge is 0.267 e. The molecule has 0 bridgehead atoms. The predicted molar refractivity (Wildman–Crippen MR) is 69.0 cm³/mol. The molecule has 0 unspecified atom stereocenters. The fourth-order valence-electron chi connectivity index (χ4n) is 1.57. The molecule has 5 nitrogen and oxygen atoms in total. The average Bonchev–Trinajstić information content (AvgIpc) is 2.35. The second-order valence-corrected chi connectivity index (χ2v) is 3.75. The number of aromatic nitrogens is 1. The summed E-state index contributed by atoms with van der Waals surface area (Å²) in [5.74, 6) is -0.502. The second kappa shape index (κ2) is 6.85. The van der Waals surface area contributed by atoms with Crippen LogP contribution in [0.25, 0.3) is 0 Å². The van der Waals surface area contributed by atoms with Gasteiger partial charge in [0.1, 0.15) is 5.69 Å². The largest absolute Gasteiger partial charge is 0.384 e. The Labute approximate surface area is 102 Å². The van der Waals surface area contributed by atoms with E-state index in [1.165, 1.54) is 0 Å². The minimum atomic E-state index is -0.502. The third kappa shape index (κ3) is 4.40. The molecule has 1 heterocycles. The number of hydrogen-bond acceptors (Lipinski definition) is 4. The van der Waals surface area contributed by atoms with Crippen molar-refractivity contribution in [1.29, 1.82) is 0 Å². The van der Waals surface area contributed by atoms with Crippen molar-refractivity contribution >= 4 is 11.6 Å². The first-order valence-electron chi connectivity index (χ1n) is 5.89. The molecule has 1 aromatic rings. The molecule has 0 saturated heterocycles. The van der Waals surface area contributed by atoms with E-state index in [2.05, 4.69) is 29.0 Å². The molecule has 0 saturated carbocycles. The number of anilines is 1. The summed E-state index contributed by atoms with van der Waals surface area (Å²) in [5, 5.41) is 3.25. The summed E-state index contributed by atoms with van der Waals surface area (Å²) in [6, 6.07) is 3.50. The molecular formula is C12H20N4O. The Bertz CT molecular complexity index is 363. The van der Waals surface area contributed by atoms with E-state index < -0.39 is 5.91 Å². The lowest BCUT2D eigenvalue weighted by molar-refractivity contribution is 0.0995. The van der Waals surface area contributed by atoms with E-state index in [-0.39, 0.29) is 5.69 Å². The van der Waals surface area contributed by atoms with Gasteiger partial charge in [0.05, 0.1) is 0 Å². The Kier molecular flexibility index (Phi) is 5.42. The van der Waals surface area contributed by atoms with Gasteiger partial charge < -0.3 is 16.0 Å². The lowest BCUT2D eigenvalue weighted by Gasteiger charge is -2.18. The van der Waals surface area contributed by atoms with Gasteiger partial charge in [0.15, 0.2) is 0 Å². The predicted octanol–water partition coefficient (Wildman–Crippen LogP) is 0.934. The Hall–Kier alpha value is -1.62. The highest BCUT2D eigenvalue weighted by Crippen LogP contribution is 2.06. The Morgan fingerprint density at radius 3 is 2.76 bits per heavy atom. The van der Waals surface area contributed by atoms with Gasteiger partial charge in [0.25, 0.3) is 5.91 Å². The van der Waals surface area contributed by atoms with E-state index in [9.17, 15) is 4.79 Å². The number of carbonyl (C=O) groups excluding carboxylic acids is 1. The van der Waals surface area contributed by atoms with Crippen LogP contribution >= 0.6 is 0 Å². The number of nitrogens with two attached hydrogens (primary N) is 1. The maximum Gasteiger partial charge on any atom is 0.267 e. The van der Waals surface area contributed by atoms with Crippen molar-refractivity contribution in [2.45, 2.75) is 13.8 Å². The molecule has 1 rings (SSSR count). The highest BCUT2D eigenvalue weighted by Gasteiger charge is 2.03. The van der Waals surface area contributed by atoms with Crippen molar-refractivity contribution in [2.24, 2.45) is 5.73 Å². The van der Waals surface area contributed by atoms with Crippen LogP contribution in [-0.2, 0) is 0 Å². The van der Waals surface area contributed by atoms with E-state index in [1.807, 2.05) is 6.07 Å². The number of primary amides is 1. The summed E-state index contributed by atoms with van der Waals surface area (Å²) in [6.07, 6.45) is 1.58. The average molecular weight is 236 g/mol. The minimum Gasteiger partial charge on any atom is -0.384 e. The third-order valence-electron chi connectivity index (χ3n) is 2.66. The van der Waals surface area contributed by atoms with Crippen LogP contribution in [-0.4, -0.2) is 42.0 Å². The fourth-order valence-corrected chi connectivity index (χ4v) is 1.57. The maximum atomic E-state index is 11.0. The van der Waals surface area contributed by atoms with Gasteiger partial charge in [-0.3, -0.25) is 9.78 Å². The van der Waals surface area contributed by atoms with Gasteiger partial charge in [-0.15, -0.1) is 0 Å². The van der Waals surface area contributed by atoms with Crippen LogP contribution in [0.5, 0.6) is 0 Å². The Morgan fingerprint density at radius 2 is 2.18 bits per heavy atom. The molecule has 0 fully saturated rings. The zero-order valence-corrected chi connectivity index (χ0v) is 10.4. The van der Waals surface area contributed by atoms with Crippen molar-refractivity contribution in [3.8, 4) is 0 Å². The van der Waals surface area contributed by atoms with Gasteiger partial charge >= 0.3 is 0 Å². The molecule has 94 valence electrons. The van der Waals surface area contributed by atoms with Crippen LogP contribution < -0.4 is 11.1 Å². The van der Waals surface area contributed by atoms with E-state index in [0.717, 1.165) is 31.9 Å². The summed E-state index contributed by atoms with van der Waals surface area (Å²) in [4.78, 5) is 17.2. The number of amides is 1. The van der Waals surface area contributed by atoms with E-state index in [0.29, 0.717) is 0 Å². The van der Waals surface area contributed by atoms with Crippen LogP contribution in [0.2, 0.25) is 0 Å². The van der Waals surface area contributed by atoms with Crippen molar-refractivity contribution in [3.05, 3.63) is 24.0 Å². The summed E-state index contributed by atoms with van der Waals surface area (Å²) in [5.41, 5.74) is 6.33. The molecule has 5 heteroatoms. The topological polar surface area (TPSA) is 71.2 Å². The van der Waals surface area contributed by atoms with E-state index >= 15 is 0 Å². The van der Waals surface area contributed by atoms with Gasteiger partial charge in [-0.1, -0.05) is 13.8 Å². The molecular weight excluding hydrogens is 216 g/mol. The number of carbonyl (C=O) groups is 1. The molecule has 0 atom stereocenters.